The number of ether oxygens (including phenoxy) is 3. The second-order valence-corrected chi connectivity index (χ2v) is 21.2. The van der Waals surface area contributed by atoms with Crippen molar-refractivity contribution in [3.63, 3.8) is 0 Å². The second-order valence-electron chi connectivity index (χ2n) is 21.2. The van der Waals surface area contributed by atoms with E-state index in [1.807, 2.05) is 12.1 Å². The predicted octanol–water partition coefficient (Wildman–Crippen LogP) is 14.1. The van der Waals surface area contributed by atoms with Gasteiger partial charge in [-0.25, -0.2) is 9.59 Å². The third-order valence-corrected chi connectivity index (χ3v) is 18.5. The van der Waals surface area contributed by atoms with Crippen LogP contribution in [0.25, 0.3) is 64.6 Å². The number of carbonyl (C=O) groups is 3. The lowest BCUT2D eigenvalue weighted by Crippen LogP contribution is -2.59. The Morgan fingerprint density at radius 3 is 1.72 bits per heavy atom. The van der Waals surface area contributed by atoms with Crippen molar-refractivity contribution in [2.24, 2.45) is 46.3 Å². The van der Waals surface area contributed by atoms with E-state index in [4.69, 9.17) is 14.2 Å². The molecule has 4 saturated carbocycles. The lowest BCUT2D eigenvalue weighted by molar-refractivity contribution is -0.176. The maximum absolute atomic E-state index is 15.0. The van der Waals surface area contributed by atoms with Crippen LogP contribution in [-0.4, -0.2) is 37.2 Å². The molecular formula is C59H58O6. The Hall–Kier alpha value is -5.75. The average molecular weight is 863 g/mol. The summed E-state index contributed by atoms with van der Waals surface area (Å²) in [6.45, 7) is 7.25. The molecule has 4 fully saturated rings. The molecule has 0 unspecified atom stereocenters. The second kappa shape index (κ2) is 15.2. The minimum absolute atomic E-state index is 0.0341. The van der Waals surface area contributed by atoms with Crippen LogP contribution in [0.2, 0.25) is 0 Å². The highest BCUT2D eigenvalue weighted by molar-refractivity contribution is 6.27. The molecule has 6 heteroatoms. The van der Waals surface area contributed by atoms with Crippen LogP contribution in [0.1, 0.15) is 106 Å². The standard InChI is InChI=1S/C59H58O6/c1-33(11-28-51(60)63-4)47-26-27-48-46-25-20-40-31-41(64-56(61)44-23-18-38-14-12-34-7-5-9-36-16-21-42(44)54(38)52(34)36)29-30-58(40,2)49(46)32-50(59(47,48)3)65-57(62)45-24-19-39-15-13-35-8-6-10-37-17-22-43(45)55(39)53(35)37/h5-10,12-19,21-24,33,40-41,46-50H,11,20,25-32H2,1-4H3/t33-,40-,41-,46+,47-,48+,49+,50+,58+,59-/m1/s1. The summed E-state index contributed by atoms with van der Waals surface area (Å²) in [5, 5.41) is 13.5. The van der Waals surface area contributed by atoms with Crippen LogP contribution < -0.4 is 0 Å². The smallest absolute Gasteiger partial charge is 0.339 e. The quantitative estimate of drug-likeness (QED) is 0.0860. The van der Waals surface area contributed by atoms with Crippen LogP contribution in [0, 0.1) is 46.3 Å². The first-order valence-electron chi connectivity index (χ1n) is 24.4. The SMILES string of the molecule is COC(=O)CC[C@@H](C)[C@H]1CC[C@H]2[C@@H]3CC[C@@H]4C[C@H](OC(=O)c5ccc6ccc7cccc8ccc5c6c78)CC[C@]4(C)[C@H]3C[C@H](OC(=O)c3ccc4ccc5cccc6ccc3c4c56)[C@]12C. The first-order chi connectivity index (χ1) is 31.5. The lowest BCUT2D eigenvalue weighted by atomic mass is 9.43. The molecule has 0 N–H and O–H groups in total. The summed E-state index contributed by atoms with van der Waals surface area (Å²) in [7, 11) is 1.47. The van der Waals surface area contributed by atoms with Gasteiger partial charge in [0.15, 0.2) is 0 Å². The normalized spacial score (nSPS) is 29.3. The molecule has 0 saturated heterocycles. The Kier molecular flexibility index (Phi) is 9.50. The van der Waals surface area contributed by atoms with Gasteiger partial charge < -0.3 is 14.2 Å². The average Bonchev–Trinajstić information content (AvgIpc) is 3.70. The number of methoxy groups -OCH3 is 1. The van der Waals surface area contributed by atoms with Crippen molar-refractivity contribution >= 4 is 82.5 Å². The lowest BCUT2D eigenvalue weighted by Gasteiger charge is -2.62. The predicted molar refractivity (Wildman–Crippen MR) is 260 cm³/mol. The van der Waals surface area contributed by atoms with Crippen LogP contribution >= 0.6 is 0 Å². The van der Waals surface area contributed by atoms with E-state index in [2.05, 4.69) is 118 Å². The molecule has 8 aromatic carbocycles. The van der Waals surface area contributed by atoms with Crippen LogP contribution in [0.3, 0.4) is 0 Å². The van der Waals surface area contributed by atoms with Crippen molar-refractivity contribution in [1.82, 2.24) is 0 Å². The van der Waals surface area contributed by atoms with Crippen molar-refractivity contribution in [3.8, 4) is 0 Å². The zero-order valence-corrected chi connectivity index (χ0v) is 38.0. The van der Waals surface area contributed by atoms with E-state index in [1.54, 1.807) is 0 Å². The van der Waals surface area contributed by atoms with Crippen LogP contribution in [-0.2, 0) is 19.0 Å². The Balaban J connectivity index is 0.841. The number of hydrogen-bond donors (Lipinski definition) is 0. The van der Waals surface area contributed by atoms with E-state index in [0.717, 1.165) is 90.1 Å². The summed E-state index contributed by atoms with van der Waals surface area (Å²) in [5.41, 5.74) is 1.08. The molecule has 0 bridgehead atoms. The summed E-state index contributed by atoms with van der Waals surface area (Å²) >= 11 is 0. The van der Waals surface area contributed by atoms with E-state index in [-0.39, 0.29) is 46.9 Å². The molecule has 10 atom stereocenters. The zero-order valence-electron chi connectivity index (χ0n) is 38.0. The van der Waals surface area contributed by atoms with Gasteiger partial charge in [-0.3, -0.25) is 4.79 Å². The fraction of sp³-hybridized carbons (Fsp3) is 0.407. The van der Waals surface area contributed by atoms with Crippen molar-refractivity contribution in [1.29, 1.82) is 0 Å². The third kappa shape index (κ3) is 6.14. The summed E-state index contributed by atoms with van der Waals surface area (Å²) in [4.78, 5) is 41.6. The molecule has 6 nitrogen and oxygen atoms in total. The molecule has 65 heavy (non-hydrogen) atoms. The van der Waals surface area contributed by atoms with Crippen molar-refractivity contribution in [2.75, 3.05) is 7.11 Å². The number of carbonyl (C=O) groups excluding carboxylic acids is 3. The highest BCUT2D eigenvalue weighted by Crippen LogP contribution is 2.69. The molecule has 0 aliphatic heterocycles. The Bertz CT molecular complexity index is 3150. The van der Waals surface area contributed by atoms with Crippen LogP contribution in [0.15, 0.2) is 109 Å². The molecule has 4 aliphatic carbocycles. The van der Waals surface area contributed by atoms with Gasteiger partial charge >= 0.3 is 17.9 Å². The number of benzene rings is 8. The van der Waals surface area contributed by atoms with Gasteiger partial charge in [0.25, 0.3) is 0 Å². The topological polar surface area (TPSA) is 78.9 Å². The maximum Gasteiger partial charge on any atom is 0.339 e. The molecule has 0 spiro atoms. The van der Waals surface area contributed by atoms with Crippen molar-refractivity contribution in [2.45, 2.75) is 97.2 Å². The third-order valence-electron chi connectivity index (χ3n) is 18.5. The van der Waals surface area contributed by atoms with E-state index >= 15 is 0 Å². The molecule has 8 aromatic rings. The number of esters is 3. The van der Waals surface area contributed by atoms with Gasteiger partial charge in [0.1, 0.15) is 12.2 Å². The zero-order chi connectivity index (χ0) is 44.4. The van der Waals surface area contributed by atoms with Crippen LogP contribution in [0.4, 0.5) is 0 Å². The Morgan fingerprint density at radius 2 is 1.14 bits per heavy atom. The Morgan fingerprint density at radius 1 is 0.600 bits per heavy atom. The van der Waals surface area contributed by atoms with Crippen molar-refractivity contribution in [3.05, 3.63) is 120 Å². The van der Waals surface area contributed by atoms with Gasteiger partial charge in [-0.2, -0.15) is 0 Å². The monoisotopic (exact) mass is 862 g/mol. The highest BCUT2D eigenvalue weighted by atomic mass is 16.5. The molecule has 0 amide bonds. The van der Waals surface area contributed by atoms with Gasteiger partial charge in [0.2, 0.25) is 0 Å². The summed E-state index contributed by atoms with van der Waals surface area (Å²) in [6.07, 6.45) is 8.69. The Labute approximate surface area is 380 Å². The minimum atomic E-state index is -0.270. The maximum atomic E-state index is 15.0. The van der Waals surface area contributed by atoms with Gasteiger partial charge in [-0.15, -0.1) is 0 Å². The van der Waals surface area contributed by atoms with Crippen LogP contribution in [0.5, 0.6) is 0 Å². The molecule has 0 aromatic heterocycles. The van der Waals surface area contributed by atoms with Gasteiger partial charge in [-0.1, -0.05) is 118 Å². The summed E-state index contributed by atoms with van der Waals surface area (Å²) in [6, 6.07) is 38.0. The minimum Gasteiger partial charge on any atom is -0.469 e. The number of hydrogen-bond acceptors (Lipinski definition) is 6. The molecule has 330 valence electrons. The van der Waals surface area contributed by atoms with E-state index in [0.29, 0.717) is 47.1 Å². The summed E-state index contributed by atoms with van der Waals surface area (Å²) in [5.74, 6) is 1.70. The highest BCUT2D eigenvalue weighted by Gasteiger charge is 2.65. The molecule has 4 aliphatic rings. The largest absolute Gasteiger partial charge is 0.469 e. The van der Waals surface area contributed by atoms with E-state index in [1.165, 1.54) is 39.4 Å². The van der Waals surface area contributed by atoms with Gasteiger partial charge in [0, 0.05) is 11.8 Å². The van der Waals surface area contributed by atoms with Gasteiger partial charge in [-0.05, 0) is 175 Å². The first kappa shape index (κ1) is 40.7. The number of fused-ring (bicyclic) bond motifs is 5. The molecule has 12 rings (SSSR count). The molecule has 0 radical (unpaired) electrons. The first-order valence-corrected chi connectivity index (χ1v) is 24.4. The fourth-order valence-corrected chi connectivity index (χ4v) is 15.3. The van der Waals surface area contributed by atoms with E-state index in [9.17, 15) is 14.4 Å². The molecule has 0 heterocycles. The van der Waals surface area contributed by atoms with Gasteiger partial charge in [0.05, 0.1) is 18.2 Å². The summed E-state index contributed by atoms with van der Waals surface area (Å²) < 4.78 is 18.7. The van der Waals surface area contributed by atoms with E-state index < -0.39 is 0 Å². The molecular weight excluding hydrogens is 805 g/mol. The van der Waals surface area contributed by atoms with Crippen molar-refractivity contribution < 1.29 is 28.6 Å². The fourth-order valence-electron chi connectivity index (χ4n) is 15.3. The number of rotatable bonds is 8.